The van der Waals surface area contributed by atoms with E-state index in [0.29, 0.717) is 22.9 Å². The fraction of sp³-hybridized carbons (Fsp3) is 0.111. The quantitative estimate of drug-likeness (QED) is 0.337. The number of hydrogen-bond donors (Lipinski definition) is 2. The number of phenolic OH excluding ortho intramolecular Hbond substituents is 1. The van der Waals surface area contributed by atoms with Crippen molar-refractivity contribution in [3.05, 3.63) is 89.8 Å². The summed E-state index contributed by atoms with van der Waals surface area (Å²) < 4.78 is 11.5. The number of pyridine rings is 1. The molecule has 2 heterocycles. The Kier molecular flexibility index (Phi) is 5.40. The number of nitrogens with one attached hydrogen (secondary N) is 1. The number of benzene rings is 3. The predicted octanol–water partition coefficient (Wildman–Crippen LogP) is 5.85. The van der Waals surface area contributed by atoms with Crippen LogP contribution in [0.3, 0.4) is 0 Å². The lowest BCUT2D eigenvalue weighted by atomic mass is 10.1. The number of aromatic nitrogens is 1. The molecule has 0 aliphatic carbocycles. The number of rotatable bonds is 5. The first-order valence-electron chi connectivity index (χ1n) is 10.7. The van der Waals surface area contributed by atoms with Crippen LogP contribution in [0.1, 0.15) is 12.5 Å². The standard InChI is InChI=1S/C27H23N3O3/c1-3-17-8-12-24-20(14-17)22(16-25(33-24)19-9-11-23(31)26(15-19)32-2)29-30-27-13-10-18-6-4-5-7-21(18)28-27/h4-16,31H,3H2,1-2H3,(H,28,30)/b29-22+. The lowest BCUT2D eigenvalue weighted by molar-refractivity contribution is 0.373. The molecule has 0 atom stereocenters. The Morgan fingerprint density at radius 1 is 1.00 bits per heavy atom. The minimum Gasteiger partial charge on any atom is -0.504 e. The van der Waals surface area contributed by atoms with Crippen LogP contribution >= 0.6 is 0 Å². The van der Waals surface area contributed by atoms with Crippen LogP contribution < -0.4 is 15.5 Å². The van der Waals surface area contributed by atoms with Gasteiger partial charge in [0.25, 0.3) is 0 Å². The van der Waals surface area contributed by atoms with Crippen LogP contribution in [0.4, 0.5) is 5.82 Å². The first kappa shape index (κ1) is 20.6. The first-order valence-corrected chi connectivity index (χ1v) is 10.7. The maximum absolute atomic E-state index is 9.96. The van der Waals surface area contributed by atoms with Crippen LogP contribution in [-0.4, -0.2) is 17.2 Å². The molecule has 2 aromatic heterocycles. The maximum Gasteiger partial charge on any atom is 0.161 e. The average Bonchev–Trinajstić information content (AvgIpc) is 2.87. The third-order valence-corrected chi connectivity index (χ3v) is 5.57. The van der Waals surface area contributed by atoms with Gasteiger partial charge in [-0.3, -0.25) is 5.43 Å². The zero-order chi connectivity index (χ0) is 22.8. The summed E-state index contributed by atoms with van der Waals surface area (Å²) in [6.45, 7) is 2.11. The predicted molar refractivity (Wildman–Crippen MR) is 130 cm³/mol. The molecule has 0 saturated carbocycles. The van der Waals surface area contributed by atoms with Gasteiger partial charge in [0.2, 0.25) is 0 Å². The van der Waals surface area contributed by atoms with E-state index in [1.54, 1.807) is 18.2 Å². The Labute approximate surface area is 190 Å². The zero-order valence-electron chi connectivity index (χ0n) is 18.4. The van der Waals surface area contributed by atoms with Crippen molar-refractivity contribution >= 4 is 27.7 Å². The average molecular weight is 437 g/mol. The molecule has 5 aromatic rings. The second-order valence-corrected chi connectivity index (χ2v) is 7.68. The van der Waals surface area contributed by atoms with Gasteiger partial charge in [-0.15, -0.1) is 0 Å². The molecule has 0 amide bonds. The lowest BCUT2D eigenvalue weighted by Crippen LogP contribution is -2.08. The second-order valence-electron chi connectivity index (χ2n) is 7.68. The van der Waals surface area contributed by atoms with Gasteiger partial charge in [0, 0.05) is 22.4 Å². The topological polar surface area (TPSA) is 79.9 Å². The number of anilines is 1. The molecule has 0 spiro atoms. The van der Waals surface area contributed by atoms with Gasteiger partial charge in [0.05, 0.1) is 18.0 Å². The number of para-hydroxylation sites is 1. The summed E-state index contributed by atoms with van der Waals surface area (Å²) in [5.74, 6) is 1.71. The van der Waals surface area contributed by atoms with Crippen LogP contribution in [0.5, 0.6) is 11.5 Å². The van der Waals surface area contributed by atoms with Crippen LogP contribution in [0.25, 0.3) is 33.2 Å². The summed E-state index contributed by atoms with van der Waals surface area (Å²) in [6, 6.07) is 25.0. The van der Waals surface area contributed by atoms with Crippen LogP contribution in [0.2, 0.25) is 0 Å². The highest BCUT2D eigenvalue weighted by Gasteiger charge is 2.10. The van der Waals surface area contributed by atoms with Gasteiger partial charge in [-0.1, -0.05) is 31.2 Å². The first-order chi connectivity index (χ1) is 16.1. The molecule has 2 N–H and O–H groups in total. The van der Waals surface area contributed by atoms with Gasteiger partial charge in [0.15, 0.2) is 11.5 Å². The zero-order valence-corrected chi connectivity index (χ0v) is 18.4. The molecule has 33 heavy (non-hydrogen) atoms. The molecule has 0 aliphatic rings. The molecule has 6 heteroatoms. The Morgan fingerprint density at radius 2 is 1.88 bits per heavy atom. The molecule has 0 aliphatic heterocycles. The summed E-state index contributed by atoms with van der Waals surface area (Å²) in [7, 11) is 1.52. The van der Waals surface area contributed by atoms with E-state index in [0.717, 1.165) is 33.6 Å². The number of phenols is 1. The minimum atomic E-state index is 0.0728. The van der Waals surface area contributed by atoms with Crippen molar-refractivity contribution in [3.63, 3.8) is 0 Å². The van der Waals surface area contributed by atoms with Crippen LogP contribution in [0.15, 0.2) is 88.4 Å². The van der Waals surface area contributed by atoms with Crippen molar-refractivity contribution in [3.8, 4) is 22.8 Å². The van der Waals surface area contributed by atoms with E-state index in [2.05, 4.69) is 34.6 Å². The maximum atomic E-state index is 9.96. The van der Waals surface area contributed by atoms with Crippen molar-refractivity contribution in [1.82, 2.24) is 4.98 Å². The molecule has 164 valence electrons. The van der Waals surface area contributed by atoms with Gasteiger partial charge in [0.1, 0.15) is 17.2 Å². The van der Waals surface area contributed by atoms with Crippen molar-refractivity contribution in [2.24, 2.45) is 5.10 Å². The highest BCUT2D eigenvalue weighted by molar-refractivity contribution is 5.81. The molecule has 0 saturated heterocycles. The number of ether oxygens (including phenoxy) is 1. The molecule has 5 rings (SSSR count). The van der Waals surface area contributed by atoms with Gasteiger partial charge < -0.3 is 14.3 Å². The van der Waals surface area contributed by atoms with E-state index >= 15 is 0 Å². The minimum absolute atomic E-state index is 0.0728. The highest BCUT2D eigenvalue weighted by Crippen LogP contribution is 2.32. The van der Waals surface area contributed by atoms with E-state index in [9.17, 15) is 5.11 Å². The van der Waals surface area contributed by atoms with Gasteiger partial charge >= 0.3 is 0 Å². The second kappa shape index (κ2) is 8.67. The van der Waals surface area contributed by atoms with Gasteiger partial charge in [-0.05, 0) is 60.5 Å². The summed E-state index contributed by atoms with van der Waals surface area (Å²) in [4.78, 5) is 4.64. The van der Waals surface area contributed by atoms with Crippen molar-refractivity contribution in [2.75, 3.05) is 12.5 Å². The smallest absolute Gasteiger partial charge is 0.161 e. The summed E-state index contributed by atoms with van der Waals surface area (Å²) in [6.07, 6.45) is 0.909. The molecule has 0 radical (unpaired) electrons. The molecular weight excluding hydrogens is 414 g/mol. The van der Waals surface area contributed by atoms with Crippen molar-refractivity contribution in [1.29, 1.82) is 0 Å². The number of nitrogens with zero attached hydrogens (tertiary/aromatic N) is 2. The Bertz CT molecular complexity index is 1540. The molecule has 3 aromatic carbocycles. The molecule has 0 unspecified atom stereocenters. The van der Waals surface area contributed by atoms with E-state index in [1.165, 1.54) is 12.7 Å². The number of aromatic hydroxyl groups is 1. The molecule has 0 fully saturated rings. The van der Waals surface area contributed by atoms with Crippen LogP contribution in [-0.2, 0) is 6.42 Å². The van der Waals surface area contributed by atoms with E-state index < -0.39 is 0 Å². The highest BCUT2D eigenvalue weighted by atomic mass is 16.5. The summed E-state index contributed by atoms with van der Waals surface area (Å²) in [5.41, 5.74) is 6.67. The van der Waals surface area contributed by atoms with E-state index in [-0.39, 0.29) is 5.75 Å². The lowest BCUT2D eigenvalue weighted by Gasteiger charge is -2.09. The van der Waals surface area contributed by atoms with E-state index in [1.807, 2.05) is 48.5 Å². The van der Waals surface area contributed by atoms with Gasteiger partial charge in [-0.2, -0.15) is 5.10 Å². The largest absolute Gasteiger partial charge is 0.504 e. The number of methoxy groups -OCH3 is 1. The number of hydrogen-bond acceptors (Lipinski definition) is 6. The molecule has 0 bridgehead atoms. The Hall–Kier alpha value is -4.32. The fourth-order valence-electron chi connectivity index (χ4n) is 3.75. The Balaban J connectivity index is 1.64. The van der Waals surface area contributed by atoms with E-state index in [4.69, 9.17) is 9.15 Å². The van der Waals surface area contributed by atoms with Gasteiger partial charge in [-0.25, -0.2) is 4.98 Å². The van der Waals surface area contributed by atoms with Crippen molar-refractivity contribution in [2.45, 2.75) is 13.3 Å². The van der Waals surface area contributed by atoms with Crippen molar-refractivity contribution < 1.29 is 14.3 Å². The molecule has 6 nitrogen and oxygen atoms in total. The van der Waals surface area contributed by atoms with Crippen LogP contribution in [0, 0.1) is 0 Å². The number of fused-ring (bicyclic) bond motifs is 2. The fourth-order valence-corrected chi connectivity index (χ4v) is 3.75. The SMILES string of the molecule is CCc1ccc2oc(-c3ccc(O)c(OC)c3)c/c(=N\Nc3ccc4ccccc4n3)c2c1. The normalized spacial score (nSPS) is 11.8. The summed E-state index contributed by atoms with van der Waals surface area (Å²) >= 11 is 0. The summed E-state index contributed by atoms with van der Waals surface area (Å²) in [5, 5.41) is 17.3. The molecular formula is C27H23N3O3. The third kappa shape index (κ3) is 4.11. The third-order valence-electron chi connectivity index (χ3n) is 5.57. The Morgan fingerprint density at radius 3 is 2.73 bits per heavy atom. The number of aryl methyl sites for hydroxylation is 1. The monoisotopic (exact) mass is 437 g/mol.